The Labute approximate surface area is 103 Å². The van der Waals surface area contributed by atoms with Gasteiger partial charge in [0.2, 0.25) is 11.7 Å². The molecule has 0 saturated heterocycles. The molecule has 3 N–H and O–H groups in total. The highest BCUT2D eigenvalue weighted by molar-refractivity contribution is 7.90. The van der Waals surface area contributed by atoms with Crippen LogP contribution in [0, 0.1) is 0 Å². The molecule has 0 fully saturated rings. The van der Waals surface area contributed by atoms with Gasteiger partial charge in [-0.1, -0.05) is 5.16 Å². The number of nitrogens with two attached hydrogens (primary N) is 1. The van der Waals surface area contributed by atoms with Gasteiger partial charge in [-0.15, -0.1) is 0 Å². The van der Waals surface area contributed by atoms with Gasteiger partial charge in [0.05, 0.1) is 17.0 Å². The third-order valence-electron chi connectivity index (χ3n) is 2.28. The molecule has 0 radical (unpaired) electrons. The highest BCUT2D eigenvalue weighted by atomic mass is 32.2. The van der Waals surface area contributed by atoms with E-state index in [1.807, 2.05) is 0 Å². The van der Waals surface area contributed by atoms with Crippen molar-refractivity contribution in [3.05, 3.63) is 24.1 Å². The molecule has 0 bridgehead atoms. The molecule has 18 heavy (non-hydrogen) atoms. The minimum absolute atomic E-state index is 0.0197. The molecule has 1 heterocycles. The van der Waals surface area contributed by atoms with E-state index in [-0.39, 0.29) is 34.5 Å². The Morgan fingerprint density at radius 1 is 1.44 bits per heavy atom. The second-order valence-corrected chi connectivity index (χ2v) is 5.68. The Balaban J connectivity index is 2.47. The molecule has 8 heteroatoms. The van der Waals surface area contributed by atoms with Crippen molar-refractivity contribution in [3.63, 3.8) is 0 Å². The molecule has 7 nitrogen and oxygen atoms in total. The number of aromatic hydroxyl groups is 1. The maximum absolute atomic E-state index is 11.3. The highest BCUT2D eigenvalue weighted by Crippen LogP contribution is 2.29. The van der Waals surface area contributed by atoms with Crippen molar-refractivity contribution in [1.82, 2.24) is 10.1 Å². The van der Waals surface area contributed by atoms with Gasteiger partial charge < -0.3 is 15.4 Å². The Morgan fingerprint density at radius 3 is 2.67 bits per heavy atom. The lowest BCUT2D eigenvalue weighted by atomic mass is 10.2. The van der Waals surface area contributed by atoms with Crippen molar-refractivity contribution < 1.29 is 18.0 Å². The molecule has 0 aliphatic rings. The van der Waals surface area contributed by atoms with Crippen LogP contribution in [0.5, 0.6) is 5.75 Å². The first kappa shape index (κ1) is 12.5. The van der Waals surface area contributed by atoms with E-state index in [0.29, 0.717) is 0 Å². The molecule has 0 unspecified atom stereocenters. The van der Waals surface area contributed by atoms with Crippen molar-refractivity contribution in [1.29, 1.82) is 0 Å². The molecule has 96 valence electrons. The predicted octanol–water partition coefficient (Wildman–Crippen LogP) is 0.304. The maximum Gasteiger partial charge on any atom is 0.240 e. The smallest absolute Gasteiger partial charge is 0.240 e. The van der Waals surface area contributed by atoms with Crippen LogP contribution in [0.2, 0.25) is 0 Å². The molecule has 0 aliphatic heterocycles. The number of hydrogen-bond donors (Lipinski definition) is 2. The fraction of sp³-hybridized carbons (Fsp3) is 0.200. The van der Waals surface area contributed by atoms with Gasteiger partial charge in [-0.2, -0.15) is 4.98 Å². The van der Waals surface area contributed by atoms with Crippen LogP contribution in [-0.4, -0.2) is 29.9 Å². The van der Waals surface area contributed by atoms with E-state index >= 15 is 0 Å². The lowest BCUT2D eigenvalue weighted by Gasteiger charge is -2.02. The van der Waals surface area contributed by atoms with Gasteiger partial charge in [0, 0.05) is 6.26 Å². The standard InChI is InChI=1S/C10H11N3O4S/c1-18(15,16)6-2-3-7(8(14)4-6)10-12-9(5-11)17-13-10/h2-4,14H,5,11H2,1H3. The zero-order chi connectivity index (χ0) is 13.3. The van der Waals surface area contributed by atoms with Crippen molar-refractivity contribution in [2.75, 3.05) is 6.26 Å². The van der Waals surface area contributed by atoms with Gasteiger partial charge in [0.1, 0.15) is 5.75 Å². The van der Waals surface area contributed by atoms with Gasteiger partial charge in [0.15, 0.2) is 9.84 Å². The maximum atomic E-state index is 11.3. The molecule has 1 aromatic heterocycles. The summed E-state index contributed by atoms with van der Waals surface area (Å²) in [6.45, 7) is 0.0924. The molecule has 2 rings (SSSR count). The van der Waals surface area contributed by atoms with Crippen molar-refractivity contribution in [2.45, 2.75) is 11.4 Å². The zero-order valence-corrected chi connectivity index (χ0v) is 10.3. The van der Waals surface area contributed by atoms with Crippen LogP contribution in [0.4, 0.5) is 0 Å². The number of rotatable bonds is 3. The topological polar surface area (TPSA) is 119 Å². The summed E-state index contributed by atoms with van der Waals surface area (Å²) in [6.07, 6.45) is 1.06. The number of phenols is 1. The second-order valence-electron chi connectivity index (χ2n) is 3.67. The van der Waals surface area contributed by atoms with Gasteiger partial charge in [-0.05, 0) is 18.2 Å². The first-order valence-corrected chi connectivity index (χ1v) is 6.87. The van der Waals surface area contributed by atoms with Crippen LogP contribution in [0.15, 0.2) is 27.6 Å². The van der Waals surface area contributed by atoms with E-state index in [9.17, 15) is 13.5 Å². The number of hydrogen-bond acceptors (Lipinski definition) is 7. The third kappa shape index (κ3) is 2.34. The zero-order valence-electron chi connectivity index (χ0n) is 9.49. The first-order valence-electron chi connectivity index (χ1n) is 4.98. The summed E-state index contributed by atoms with van der Waals surface area (Å²) in [6, 6.07) is 3.92. The second kappa shape index (κ2) is 4.39. The Kier molecular flexibility index (Phi) is 3.05. The molecule has 0 amide bonds. The van der Waals surface area contributed by atoms with Crippen molar-refractivity contribution in [2.24, 2.45) is 5.73 Å². The summed E-state index contributed by atoms with van der Waals surface area (Å²) in [5.41, 5.74) is 5.61. The molecular weight excluding hydrogens is 258 g/mol. The van der Waals surface area contributed by atoms with Gasteiger partial charge >= 0.3 is 0 Å². The highest BCUT2D eigenvalue weighted by Gasteiger charge is 2.15. The number of sulfone groups is 1. The van der Waals surface area contributed by atoms with E-state index in [4.69, 9.17) is 10.3 Å². The Bertz CT molecular complexity index is 678. The third-order valence-corrected chi connectivity index (χ3v) is 3.39. The van der Waals surface area contributed by atoms with Gasteiger partial charge in [0.25, 0.3) is 0 Å². The quantitative estimate of drug-likeness (QED) is 0.822. The molecule has 2 aromatic rings. The van der Waals surface area contributed by atoms with E-state index in [2.05, 4.69) is 10.1 Å². The van der Waals surface area contributed by atoms with E-state index < -0.39 is 9.84 Å². The minimum atomic E-state index is -3.37. The van der Waals surface area contributed by atoms with Crippen LogP contribution < -0.4 is 5.73 Å². The molecular formula is C10H11N3O4S. The molecule has 0 atom stereocenters. The van der Waals surface area contributed by atoms with Gasteiger partial charge in [-0.25, -0.2) is 8.42 Å². The summed E-state index contributed by atoms with van der Waals surface area (Å²) in [4.78, 5) is 3.96. The minimum Gasteiger partial charge on any atom is -0.507 e. The fourth-order valence-electron chi connectivity index (χ4n) is 1.38. The van der Waals surface area contributed by atoms with Crippen LogP contribution in [0.3, 0.4) is 0 Å². The lowest BCUT2D eigenvalue weighted by molar-refractivity contribution is 0.380. The first-order chi connectivity index (χ1) is 8.41. The SMILES string of the molecule is CS(=O)(=O)c1ccc(-c2noc(CN)n2)c(O)c1. The lowest BCUT2D eigenvalue weighted by Crippen LogP contribution is -1.97. The molecule has 1 aromatic carbocycles. The summed E-state index contributed by atoms with van der Waals surface area (Å²) < 4.78 is 27.4. The van der Waals surface area contributed by atoms with Crippen LogP contribution in [0.25, 0.3) is 11.4 Å². The largest absolute Gasteiger partial charge is 0.507 e. The van der Waals surface area contributed by atoms with Crippen molar-refractivity contribution in [3.8, 4) is 17.1 Å². The summed E-state index contributed by atoms with van der Waals surface area (Å²) in [5, 5.41) is 13.4. The number of nitrogens with zero attached hydrogens (tertiary/aromatic N) is 2. The summed E-state index contributed by atoms with van der Waals surface area (Å²) >= 11 is 0. The van der Waals surface area contributed by atoms with Gasteiger partial charge in [-0.3, -0.25) is 0 Å². The molecule has 0 aliphatic carbocycles. The summed E-state index contributed by atoms with van der Waals surface area (Å²) in [5.74, 6) is 0.159. The van der Waals surface area contributed by atoms with E-state index in [0.717, 1.165) is 12.3 Å². The van der Waals surface area contributed by atoms with Crippen LogP contribution in [-0.2, 0) is 16.4 Å². The van der Waals surface area contributed by atoms with E-state index in [1.165, 1.54) is 12.1 Å². The predicted molar refractivity (Wildman–Crippen MR) is 62.4 cm³/mol. The monoisotopic (exact) mass is 269 g/mol. The number of phenolic OH excluding ortho intramolecular Hbond substituents is 1. The average molecular weight is 269 g/mol. The molecule has 0 spiro atoms. The fourth-order valence-corrected chi connectivity index (χ4v) is 2.02. The Morgan fingerprint density at radius 2 is 2.17 bits per heavy atom. The van der Waals surface area contributed by atoms with Crippen molar-refractivity contribution >= 4 is 9.84 Å². The summed E-state index contributed by atoms with van der Waals surface area (Å²) in [7, 11) is -3.37. The van der Waals surface area contributed by atoms with Crippen LogP contribution in [0.1, 0.15) is 5.89 Å². The van der Waals surface area contributed by atoms with E-state index in [1.54, 1.807) is 0 Å². The normalized spacial score (nSPS) is 11.7. The average Bonchev–Trinajstić information content (AvgIpc) is 2.76. The van der Waals surface area contributed by atoms with Crippen LogP contribution >= 0.6 is 0 Å². The Hall–Kier alpha value is -1.93. The number of aromatic nitrogens is 2. The number of benzene rings is 1. The molecule has 0 saturated carbocycles.